The average Bonchev–Trinajstić information content (AvgIpc) is 2.45. The van der Waals surface area contributed by atoms with E-state index in [1.165, 1.54) is 0 Å². The standard InChI is InChI=1S/C14H18O6P3.Na/c15-13(7-3-1-4-8-13)11-21(17)18-23-19-22(20-23)12-14(16)9-5-2-6-10-14;/h1-7,9,15-16H,8,10-12H2;/q-1;+1. The van der Waals surface area contributed by atoms with Gasteiger partial charge < -0.3 is 19.4 Å². The van der Waals surface area contributed by atoms with Crippen LogP contribution in [-0.4, -0.2) is 33.7 Å². The van der Waals surface area contributed by atoms with E-state index in [1.807, 2.05) is 24.3 Å². The van der Waals surface area contributed by atoms with E-state index in [0.717, 1.165) is 0 Å². The van der Waals surface area contributed by atoms with E-state index >= 15 is 0 Å². The van der Waals surface area contributed by atoms with Gasteiger partial charge in [-0.1, -0.05) is 48.6 Å². The third-order valence-corrected chi connectivity index (χ3v) is 8.93. The van der Waals surface area contributed by atoms with Crippen LogP contribution in [0.2, 0.25) is 0 Å². The summed E-state index contributed by atoms with van der Waals surface area (Å²) in [5.41, 5.74) is -2.08. The minimum atomic E-state index is -2.08. The maximum absolute atomic E-state index is 12.0. The van der Waals surface area contributed by atoms with Crippen LogP contribution in [0.25, 0.3) is 0 Å². The number of allylic oxidation sites excluding steroid dienone is 4. The molecule has 0 amide bonds. The Morgan fingerprint density at radius 3 is 2.17 bits per heavy atom. The zero-order chi connectivity index (χ0) is 16.3. The molecule has 3 aliphatic rings. The summed E-state index contributed by atoms with van der Waals surface area (Å²) in [5, 5.41) is 20.5. The van der Waals surface area contributed by atoms with Crippen molar-refractivity contribution in [1.29, 1.82) is 0 Å². The Labute approximate surface area is 167 Å². The van der Waals surface area contributed by atoms with E-state index < -0.39 is 36.6 Å². The Morgan fingerprint density at radius 1 is 1.04 bits per heavy atom. The molecule has 1 aliphatic heterocycles. The SMILES string of the molecule is [Na+].[O-]P(CC1(O)C=CC=CC1)OP1OP(CC2(O)C=CC=CC2)O1. The predicted molar refractivity (Wildman–Crippen MR) is 89.4 cm³/mol. The summed E-state index contributed by atoms with van der Waals surface area (Å²) in [6.45, 7) is 0. The first-order valence-corrected chi connectivity index (χ1v) is 11.0. The van der Waals surface area contributed by atoms with E-state index in [9.17, 15) is 15.1 Å². The van der Waals surface area contributed by atoms with Crippen molar-refractivity contribution in [2.75, 3.05) is 12.3 Å². The van der Waals surface area contributed by atoms with Gasteiger partial charge in [-0.25, -0.2) is 0 Å². The van der Waals surface area contributed by atoms with Crippen molar-refractivity contribution >= 4 is 25.4 Å². The van der Waals surface area contributed by atoms with Gasteiger partial charge in [0.25, 0.3) is 0 Å². The summed E-state index contributed by atoms with van der Waals surface area (Å²) in [6, 6.07) is 0. The van der Waals surface area contributed by atoms with Crippen LogP contribution < -0.4 is 34.5 Å². The molecule has 24 heavy (non-hydrogen) atoms. The molecule has 3 unspecified atom stereocenters. The number of hydrogen-bond donors (Lipinski definition) is 2. The molecule has 1 heterocycles. The Kier molecular flexibility index (Phi) is 8.24. The van der Waals surface area contributed by atoms with Crippen molar-refractivity contribution in [1.82, 2.24) is 0 Å². The maximum Gasteiger partial charge on any atom is 1.00 e. The second kappa shape index (κ2) is 9.28. The molecule has 0 aromatic heterocycles. The molecule has 0 aromatic rings. The molecular weight excluding hydrogens is 380 g/mol. The van der Waals surface area contributed by atoms with Crippen LogP contribution in [0.3, 0.4) is 0 Å². The van der Waals surface area contributed by atoms with Gasteiger partial charge in [0.2, 0.25) is 0 Å². The number of aliphatic hydroxyl groups is 2. The van der Waals surface area contributed by atoms with Gasteiger partial charge >= 0.3 is 38.2 Å². The fourth-order valence-electron chi connectivity index (χ4n) is 2.33. The van der Waals surface area contributed by atoms with Gasteiger partial charge in [-0.2, -0.15) is 0 Å². The van der Waals surface area contributed by atoms with Crippen molar-refractivity contribution in [3.8, 4) is 0 Å². The monoisotopic (exact) mass is 398 g/mol. The summed E-state index contributed by atoms with van der Waals surface area (Å²) in [6.07, 6.45) is 15.6. The molecule has 1 saturated heterocycles. The molecular formula is C14H18NaO6P3. The normalized spacial score (nSPS) is 38.5. The summed E-state index contributed by atoms with van der Waals surface area (Å²) < 4.78 is 16.2. The maximum atomic E-state index is 12.0. The van der Waals surface area contributed by atoms with Gasteiger partial charge in [-0.3, -0.25) is 8.62 Å². The van der Waals surface area contributed by atoms with Gasteiger partial charge in [0.15, 0.2) is 8.38 Å². The molecule has 0 saturated carbocycles. The Hall–Kier alpha value is 1.01. The third-order valence-electron chi connectivity index (χ3n) is 3.53. The van der Waals surface area contributed by atoms with Gasteiger partial charge in [-0.15, -0.1) is 0 Å². The van der Waals surface area contributed by atoms with Crippen molar-refractivity contribution in [3.63, 3.8) is 0 Å². The average molecular weight is 398 g/mol. The van der Waals surface area contributed by atoms with Crippen molar-refractivity contribution in [3.05, 3.63) is 48.6 Å². The summed E-state index contributed by atoms with van der Waals surface area (Å²) in [4.78, 5) is 12.0. The second-order valence-corrected chi connectivity index (χ2v) is 10.0. The zero-order valence-electron chi connectivity index (χ0n) is 13.3. The minimum absolute atomic E-state index is 0. The van der Waals surface area contributed by atoms with Gasteiger partial charge in [0.05, 0.1) is 17.4 Å². The van der Waals surface area contributed by atoms with Crippen LogP contribution in [0.4, 0.5) is 0 Å². The largest absolute Gasteiger partial charge is 1.00 e. The zero-order valence-corrected chi connectivity index (χ0v) is 18.0. The molecule has 1 fully saturated rings. The second-order valence-electron chi connectivity index (χ2n) is 5.64. The molecule has 3 rings (SSSR count). The minimum Gasteiger partial charge on any atom is -0.808 e. The number of rotatable bonds is 6. The molecule has 126 valence electrons. The smallest absolute Gasteiger partial charge is 0.808 e. The molecule has 2 aliphatic carbocycles. The van der Waals surface area contributed by atoms with E-state index in [1.54, 1.807) is 24.3 Å². The molecule has 6 nitrogen and oxygen atoms in total. The molecule has 0 bridgehead atoms. The number of hydrogen-bond acceptors (Lipinski definition) is 6. The fourth-order valence-corrected chi connectivity index (χ4v) is 7.00. The van der Waals surface area contributed by atoms with Crippen LogP contribution in [0.1, 0.15) is 12.8 Å². The predicted octanol–water partition coefficient (Wildman–Crippen LogP) is -0.241. The molecule has 0 radical (unpaired) electrons. The van der Waals surface area contributed by atoms with E-state index in [2.05, 4.69) is 0 Å². The Balaban J connectivity index is 0.00000208. The molecule has 3 atom stereocenters. The van der Waals surface area contributed by atoms with E-state index in [4.69, 9.17) is 12.9 Å². The molecule has 0 spiro atoms. The first-order valence-electron chi connectivity index (χ1n) is 7.17. The molecule has 10 heteroatoms. The van der Waals surface area contributed by atoms with E-state index in [-0.39, 0.29) is 35.7 Å². The van der Waals surface area contributed by atoms with Crippen molar-refractivity contribution in [2.24, 2.45) is 0 Å². The summed E-state index contributed by atoms with van der Waals surface area (Å²) in [5.74, 6) is 0. The van der Waals surface area contributed by atoms with Crippen LogP contribution in [0.15, 0.2) is 48.6 Å². The van der Waals surface area contributed by atoms with Crippen LogP contribution >= 0.6 is 25.4 Å². The molecule has 2 N–H and O–H groups in total. The first-order chi connectivity index (χ1) is 11.0. The van der Waals surface area contributed by atoms with Crippen LogP contribution in [0, 0.1) is 0 Å². The fraction of sp³-hybridized carbons (Fsp3) is 0.429. The summed E-state index contributed by atoms with van der Waals surface area (Å²) in [7, 11) is -4.94. The Morgan fingerprint density at radius 2 is 1.62 bits per heavy atom. The first kappa shape index (κ1) is 21.3. The van der Waals surface area contributed by atoms with Gasteiger partial charge in [-0.05, 0) is 21.2 Å². The molecule has 0 aromatic carbocycles. The van der Waals surface area contributed by atoms with Gasteiger partial charge in [0.1, 0.15) is 0 Å². The van der Waals surface area contributed by atoms with E-state index in [0.29, 0.717) is 19.0 Å². The van der Waals surface area contributed by atoms with Crippen molar-refractivity contribution in [2.45, 2.75) is 24.0 Å². The Bertz CT molecular complexity index is 551. The topological polar surface area (TPSA) is 91.2 Å². The quantitative estimate of drug-likeness (QED) is 0.474. The van der Waals surface area contributed by atoms with Crippen LogP contribution in [0.5, 0.6) is 0 Å². The third kappa shape index (κ3) is 6.03. The summed E-state index contributed by atoms with van der Waals surface area (Å²) >= 11 is 0. The van der Waals surface area contributed by atoms with Gasteiger partial charge in [0, 0.05) is 6.16 Å². The van der Waals surface area contributed by atoms with Crippen LogP contribution in [-0.2, 0) is 12.9 Å². The van der Waals surface area contributed by atoms with Crippen molar-refractivity contribution < 1.29 is 57.6 Å².